The number of benzene rings is 1. The molecule has 9 heteroatoms. The summed E-state index contributed by atoms with van der Waals surface area (Å²) in [5.41, 5.74) is 1.57. The first-order valence-electron chi connectivity index (χ1n) is 11.6. The number of amides is 1. The SMILES string of the molecule is COC[C@H]1CN[C@H](C)CN1CC(=O)N1CC(C)(C)c2c[n+]([O-])c(Cc3ccc(F)cc3F)cc21. The van der Waals surface area contributed by atoms with Crippen LogP contribution in [-0.2, 0) is 21.4 Å². The highest BCUT2D eigenvalue weighted by Crippen LogP contribution is 2.40. The maximum Gasteiger partial charge on any atom is 0.241 e. The van der Waals surface area contributed by atoms with Crippen LogP contribution in [0, 0.1) is 16.8 Å². The van der Waals surface area contributed by atoms with Gasteiger partial charge in [0.2, 0.25) is 5.91 Å². The summed E-state index contributed by atoms with van der Waals surface area (Å²) in [6.45, 7) is 8.78. The second-order valence-electron chi connectivity index (χ2n) is 10.0. The Morgan fingerprint density at radius 3 is 2.79 bits per heavy atom. The number of aromatic nitrogens is 1. The third-order valence-electron chi connectivity index (χ3n) is 6.79. The van der Waals surface area contributed by atoms with Crippen LogP contribution in [0.5, 0.6) is 0 Å². The first kappa shape index (κ1) is 24.5. The zero-order chi connectivity index (χ0) is 24.6. The average Bonchev–Trinajstić information content (AvgIpc) is 3.02. The van der Waals surface area contributed by atoms with E-state index >= 15 is 0 Å². The maximum atomic E-state index is 14.2. The van der Waals surface area contributed by atoms with Gasteiger partial charge >= 0.3 is 0 Å². The second kappa shape index (κ2) is 9.56. The number of rotatable bonds is 6. The van der Waals surface area contributed by atoms with Crippen LogP contribution in [0.3, 0.4) is 0 Å². The Hall–Kier alpha value is -2.62. The molecule has 3 heterocycles. The minimum atomic E-state index is -0.703. The van der Waals surface area contributed by atoms with Crippen LogP contribution < -0.4 is 14.9 Å². The highest BCUT2D eigenvalue weighted by Gasteiger charge is 2.41. The number of fused-ring (bicyclic) bond motifs is 1. The Morgan fingerprint density at radius 1 is 1.32 bits per heavy atom. The number of carbonyl (C=O) groups excluding carboxylic acids is 1. The van der Waals surface area contributed by atoms with Gasteiger partial charge in [0.05, 0.1) is 25.3 Å². The summed E-state index contributed by atoms with van der Waals surface area (Å²) in [5, 5.41) is 16.2. The first-order chi connectivity index (χ1) is 16.1. The fraction of sp³-hybridized carbons (Fsp3) is 0.520. The minimum Gasteiger partial charge on any atom is -0.618 e. The number of nitrogens with one attached hydrogen (secondary N) is 1. The Morgan fingerprint density at radius 2 is 2.09 bits per heavy atom. The van der Waals surface area contributed by atoms with E-state index in [1.165, 1.54) is 18.3 Å². The van der Waals surface area contributed by atoms with Crippen molar-refractivity contribution in [2.75, 3.05) is 44.8 Å². The molecule has 2 aliphatic rings. The molecule has 0 saturated carbocycles. The van der Waals surface area contributed by atoms with Crippen LogP contribution in [0.1, 0.15) is 37.6 Å². The van der Waals surface area contributed by atoms with Crippen molar-refractivity contribution in [3.8, 4) is 0 Å². The number of methoxy groups -OCH3 is 1. The molecule has 2 aliphatic heterocycles. The molecule has 0 aliphatic carbocycles. The van der Waals surface area contributed by atoms with Crippen molar-refractivity contribution >= 4 is 11.6 Å². The molecule has 0 unspecified atom stereocenters. The maximum absolute atomic E-state index is 14.2. The highest BCUT2D eigenvalue weighted by atomic mass is 19.1. The van der Waals surface area contributed by atoms with Gasteiger partial charge in [0.25, 0.3) is 0 Å². The molecule has 0 bridgehead atoms. The minimum absolute atomic E-state index is 0.00340. The summed E-state index contributed by atoms with van der Waals surface area (Å²) < 4.78 is 33.6. The molecule has 1 N–H and O–H groups in total. The summed E-state index contributed by atoms with van der Waals surface area (Å²) in [6, 6.07) is 5.35. The highest BCUT2D eigenvalue weighted by molar-refractivity contribution is 5.97. The van der Waals surface area contributed by atoms with Gasteiger partial charge in [0.15, 0.2) is 11.9 Å². The Kier molecular flexibility index (Phi) is 6.89. The van der Waals surface area contributed by atoms with Crippen molar-refractivity contribution in [3.05, 3.63) is 64.1 Å². The molecule has 2 aromatic rings. The summed E-state index contributed by atoms with van der Waals surface area (Å²) in [6.07, 6.45) is 1.48. The van der Waals surface area contributed by atoms with Crippen LogP contribution in [-0.4, -0.2) is 62.8 Å². The molecule has 2 atom stereocenters. The largest absolute Gasteiger partial charge is 0.618 e. The molecule has 0 spiro atoms. The van der Waals surface area contributed by atoms with Gasteiger partial charge in [0.1, 0.15) is 11.6 Å². The van der Waals surface area contributed by atoms with E-state index in [1.54, 1.807) is 18.1 Å². The predicted molar refractivity (Wildman–Crippen MR) is 125 cm³/mol. The van der Waals surface area contributed by atoms with Crippen molar-refractivity contribution in [1.82, 2.24) is 10.2 Å². The average molecular weight is 475 g/mol. The third kappa shape index (κ3) is 4.92. The van der Waals surface area contributed by atoms with Crippen molar-refractivity contribution < 1.29 is 23.0 Å². The van der Waals surface area contributed by atoms with E-state index in [1.807, 2.05) is 13.8 Å². The topological polar surface area (TPSA) is 71.8 Å². The normalized spacial score (nSPS) is 22.1. The summed E-state index contributed by atoms with van der Waals surface area (Å²) in [7, 11) is 1.65. The first-order valence-corrected chi connectivity index (χ1v) is 11.6. The fourth-order valence-electron chi connectivity index (χ4n) is 4.93. The van der Waals surface area contributed by atoms with E-state index in [2.05, 4.69) is 17.1 Å². The summed E-state index contributed by atoms with van der Waals surface area (Å²) >= 11 is 0. The molecule has 1 amide bonds. The summed E-state index contributed by atoms with van der Waals surface area (Å²) in [4.78, 5) is 17.4. The van der Waals surface area contributed by atoms with Crippen LogP contribution >= 0.6 is 0 Å². The number of hydrogen-bond acceptors (Lipinski definition) is 5. The zero-order valence-corrected chi connectivity index (χ0v) is 20.1. The Balaban J connectivity index is 1.61. The van der Waals surface area contributed by atoms with Gasteiger partial charge in [-0.1, -0.05) is 19.9 Å². The lowest BCUT2D eigenvalue weighted by Gasteiger charge is -2.39. The molecule has 1 aromatic heterocycles. The van der Waals surface area contributed by atoms with Gasteiger partial charge in [-0.05, 0) is 18.6 Å². The van der Waals surface area contributed by atoms with E-state index in [0.29, 0.717) is 24.5 Å². The Labute approximate surface area is 198 Å². The standard InChI is InChI=1S/C25H32F2N4O3/c1-16-11-29(20(10-28-16)14-34-4)13-24(32)30-15-25(2,3)21-12-31(33)19(9-23(21)30)7-17-5-6-18(26)8-22(17)27/h5-6,8-9,12,16,20,28H,7,10-11,13-15H2,1-4H3/t16-,20-/m1/s1. The van der Waals surface area contributed by atoms with Crippen LogP contribution in [0.15, 0.2) is 30.5 Å². The number of hydrogen-bond donors (Lipinski definition) is 1. The monoisotopic (exact) mass is 474 g/mol. The van der Waals surface area contributed by atoms with Gasteiger partial charge in [-0.2, -0.15) is 4.73 Å². The van der Waals surface area contributed by atoms with Gasteiger partial charge in [-0.3, -0.25) is 9.69 Å². The van der Waals surface area contributed by atoms with Crippen molar-refractivity contribution in [1.29, 1.82) is 0 Å². The second-order valence-corrected chi connectivity index (χ2v) is 10.0. The molecule has 1 aromatic carbocycles. The lowest BCUT2D eigenvalue weighted by molar-refractivity contribution is -0.614. The molecule has 34 heavy (non-hydrogen) atoms. The quantitative estimate of drug-likeness (QED) is 0.513. The van der Waals surface area contributed by atoms with Crippen LogP contribution in [0.25, 0.3) is 0 Å². The van der Waals surface area contributed by atoms with Crippen LogP contribution in [0.2, 0.25) is 0 Å². The van der Waals surface area contributed by atoms with Gasteiger partial charge in [-0.15, -0.1) is 0 Å². The smallest absolute Gasteiger partial charge is 0.241 e. The lowest BCUT2D eigenvalue weighted by atomic mass is 9.88. The number of ether oxygens (including phenoxy) is 1. The van der Waals surface area contributed by atoms with Crippen molar-refractivity contribution in [2.24, 2.45) is 0 Å². The fourth-order valence-corrected chi connectivity index (χ4v) is 4.93. The predicted octanol–water partition coefficient (Wildman–Crippen LogP) is 2.12. The summed E-state index contributed by atoms with van der Waals surface area (Å²) in [5.74, 6) is -1.42. The molecule has 1 saturated heterocycles. The van der Waals surface area contributed by atoms with E-state index in [4.69, 9.17) is 4.74 Å². The molecular weight excluding hydrogens is 442 g/mol. The van der Waals surface area contributed by atoms with Crippen LogP contribution in [0.4, 0.5) is 14.5 Å². The van der Waals surface area contributed by atoms with Crippen molar-refractivity contribution in [3.63, 3.8) is 0 Å². The molecule has 184 valence electrons. The number of piperazine rings is 1. The molecule has 1 fully saturated rings. The van der Waals surface area contributed by atoms with E-state index < -0.39 is 17.0 Å². The molecule has 4 rings (SSSR count). The number of carbonyl (C=O) groups is 1. The molecule has 7 nitrogen and oxygen atoms in total. The third-order valence-corrected chi connectivity index (χ3v) is 6.79. The van der Waals surface area contributed by atoms with Gasteiger partial charge in [-0.25, -0.2) is 8.78 Å². The van der Waals surface area contributed by atoms with E-state index in [9.17, 15) is 18.8 Å². The van der Waals surface area contributed by atoms with E-state index in [0.717, 1.165) is 29.4 Å². The Bertz CT molecular complexity index is 1080. The number of halogens is 2. The van der Waals surface area contributed by atoms with Crippen molar-refractivity contribution in [2.45, 2.75) is 44.7 Å². The van der Waals surface area contributed by atoms with Gasteiger partial charge in [0, 0.05) is 61.9 Å². The number of pyridine rings is 1. The van der Waals surface area contributed by atoms with Gasteiger partial charge < -0.3 is 20.2 Å². The molecule has 0 radical (unpaired) electrons. The lowest BCUT2D eigenvalue weighted by Crippen LogP contribution is -2.59. The number of anilines is 1. The number of nitrogens with zero attached hydrogens (tertiary/aromatic N) is 3. The zero-order valence-electron chi connectivity index (χ0n) is 20.1. The van der Waals surface area contributed by atoms with E-state index in [-0.39, 0.29) is 36.5 Å². The molecular formula is C25H32F2N4O3.